The number of nitrogens with zero attached hydrogens (tertiary/aromatic N) is 1. The highest BCUT2D eigenvalue weighted by Gasteiger charge is 2.38. The summed E-state index contributed by atoms with van der Waals surface area (Å²) >= 11 is 0. The fourth-order valence-corrected chi connectivity index (χ4v) is 4.49. The van der Waals surface area contributed by atoms with Crippen LogP contribution < -0.4 is 5.32 Å². The van der Waals surface area contributed by atoms with Crippen molar-refractivity contribution in [1.29, 1.82) is 0 Å². The summed E-state index contributed by atoms with van der Waals surface area (Å²) in [5, 5.41) is 3.89. The maximum absolute atomic E-state index is 3.89. The molecule has 20 heavy (non-hydrogen) atoms. The standard InChI is InChI=1S/C18H36N2/c1-4-14-19-17-10-8-6-7-9-11-18(17)20-15(3)12-13-16(20)5-2/h15-19H,4-14H2,1-3H3. The molecule has 0 aromatic heterocycles. The molecule has 1 aliphatic carbocycles. The predicted octanol–water partition coefficient (Wildman–Crippen LogP) is 4.34. The molecule has 0 spiro atoms. The maximum Gasteiger partial charge on any atom is 0.0255 e. The Bertz CT molecular complexity index is 264. The van der Waals surface area contributed by atoms with Crippen LogP contribution in [0.2, 0.25) is 0 Å². The number of rotatable bonds is 5. The van der Waals surface area contributed by atoms with Crippen molar-refractivity contribution in [1.82, 2.24) is 10.2 Å². The summed E-state index contributed by atoms with van der Waals surface area (Å²) in [5.41, 5.74) is 0. The van der Waals surface area contributed by atoms with Gasteiger partial charge in [-0.05, 0) is 52.0 Å². The fraction of sp³-hybridized carbons (Fsp3) is 1.00. The number of likely N-dealkylation sites (tertiary alicyclic amines) is 1. The van der Waals surface area contributed by atoms with Gasteiger partial charge >= 0.3 is 0 Å². The molecule has 2 heteroatoms. The van der Waals surface area contributed by atoms with Crippen molar-refractivity contribution in [3.05, 3.63) is 0 Å². The molecule has 0 aromatic rings. The average molecular weight is 280 g/mol. The summed E-state index contributed by atoms with van der Waals surface area (Å²) in [7, 11) is 0. The molecular formula is C18H36N2. The van der Waals surface area contributed by atoms with Crippen LogP contribution in [0.25, 0.3) is 0 Å². The summed E-state index contributed by atoms with van der Waals surface area (Å²) in [6, 6.07) is 3.19. The second kappa shape index (κ2) is 8.38. The van der Waals surface area contributed by atoms with Crippen LogP contribution in [-0.2, 0) is 0 Å². The highest BCUT2D eigenvalue weighted by Crippen LogP contribution is 2.33. The van der Waals surface area contributed by atoms with Crippen LogP contribution in [0.1, 0.15) is 85.0 Å². The zero-order chi connectivity index (χ0) is 14.4. The molecule has 1 aliphatic heterocycles. The lowest BCUT2D eigenvalue weighted by Crippen LogP contribution is -2.54. The zero-order valence-corrected chi connectivity index (χ0v) is 14.0. The van der Waals surface area contributed by atoms with E-state index in [2.05, 4.69) is 31.0 Å². The van der Waals surface area contributed by atoms with Crippen LogP contribution in [0.4, 0.5) is 0 Å². The summed E-state index contributed by atoms with van der Waals surface area (Å²) in [6.45, 7) is 8.33. The molecule has 0 amide bonds. The molecule has 4 atom stereocenters. The lowest BCUT2D eigenvalue weighted by molar-refractivity contribution is 0.0862. The third-order valence-corrected chi connectivity index (χ3v) is 5.59. The highest BCUT2D eigenvalue weighted by atomic mass is 15.3. The molecule has 0 aromatic carbocycles. The SMILES string of the molecule is CCCNC1CCCCCCC1N1C(C)CCC1CC. The van der Waals surface area contributed by atoms with E-state index in [9.17, 15) is 0 Å². The quantitative estimate of drug-likeness (QED) is 0.806. The second-order valence-electron chi connectivity index (χ2n) is 7.06. The van der Waals surface area contributed by atoms with E-state index in [1.165, 1.54) is 70.8 Å². The third-order valence-electron chi connectivity index (χ3n) is 5.59. The smallest absolute Gasteiger partial charge is 0.0255 e. The highest BCUT2D eigenvalue weighted by molar-refractivity contribution is 4.95. The summed E-state index contributed by atoms with van der Waals surface area (Å²) in [4.78, 5) is 2.92. The van der Waals surface area contributed by atoms with E-state index in [0.717, 1.165) is 24.2 Å². The second-order valence-corrected chi connectivity index (χ2v) is 7.06. The van der Waals surface area contributed by atoms with Gasteiger partial charge in [-0.1, -0.05) is 39.5 Å². The fourth-order valence-electron chi connectivity index (χ4n) is 4.49. The van der Waals surface area contributed by atoms with E-state index in [0.29, 0.717) is 0 Å². The van der Waals surface area contributed by atoms with Gasteiger partial charge in [-0.2, -0.15) is 0 Å². The van der Waals surface area contributed by atoms with Crippen LogP contribution in [0, 0.1) is 0 Å². The van der Waals surface area contributed by atoms with Gasteiger partial charge in [0.1, 0.15) is 0 Å². The van der Waals surface area contributed by atoms with Crippen molar-refractivity contribution in [2.75, 3.05) is 6.54 Å². The molecule has 1 saturated carbocycles. The molecule has 0 bridgehead atoms. The van der Waals surface area contributed by atoms with Crippen molar-refractivity contribution >= 4 is 0 Å². The molecule has 0 radical (unpaired) electrons. The van der Waals surface area contributed by atoms with Crippen LogP contribution in [-0.4, -0.2) is 35.6 Å². The minimum atomic E-state index is 0.741. The Morgan fingerprint density at radius 3 is 2.40 bits per heavy atom. The first kappa shape index (κ1) is 16.3. The molecule has 2 rings (SSSR count). The summed E-state index contributed by atoms with van der Waals surface area (Å²) in [5.74, 6) is 0. The average Bonchev–Trinajstić information content (AvgIpc) is 2.79. The van der Waals surface area contributed by atoms with Crippen molar-refractivity contribution < 1.29 is 0 Å². The monoisotopic (exact) mass is 280 g/mol. The first-order valence-electron chi connectivity index (χ1n) is 9.28. The predicted molar refractivity (Wildman–Crippen MR) is 88.2 cm³/mol. The van der Waals surface area contributed by atoms with E-state index in [1.807, 2.05) is 0 Å². The molecule has 2 aliphatic rings. The van der Waals surface area contributed by atoms with Gasteiger partial charge < -0.3 is 5.32 Å². The Labute approximate surface area is 126 Å². The maximum atomic E-state index is 3.89. The molecule has 2 fully saturated rings. The first-order valence-corrected chi connectivity index (χ1v) is 9.28. The first-order chi connectivity index (χ1) is 9.77. The van der Waals surface area contributed by atoms with Gasteiger partial charge in [0, 0.05) is 24.2 Å². The number of hydrogen-bond acceptors (Lipinski definition) is 2. The van der Waals surface area contributed by atoms with Crippen molar-refractivity contribution in [2.45, 2.75) is 109 Å². The van der Waals surface area contributed by atoms with E-state index in [-0.39, 0.29) is 0 Å². The van der Waals surface area contributed by atoms with Gasteiger partial charge in [0.2, 0.25) is 0 Å². The van der Waals surface area contributed by atoms with Crippen LogP contribution >= 0.6 is 0 Å². The summed E-state index contributed by atoms with van der Waals surface area (Å²) < 4.78 is 0. The van der Waals surface area contributed by atoms with E-state index >= 15 is 0 Å². The van der Waals surface area contributed by atoms with Crippen LogP contribution in [0.15, 0.2) is 0 Å². The van der Waals surface area contributed by atoms with Crippen molar-refractivity contribution in [2.24, 2.45) is 0 Å². The normalized spacial score (nSPS) is 36.8. The topological polar surface area (TPSA) is 15.3 Å². The largest absolute Gasteiger partial charge is 0.312 e. The third kappa shape index (κ3) is 3.98. The van der Waals surface area contributed by atoms with Crippen LogP contribution in [0.3, 0.4) is 0 Å². The van der Waals surface area contributed by atoms with Crippen molar-refractivity contribution in [3.63, 3.8) is 0 Å². The Hall–Kier alpha value is -0.0800. The van der Waals surface area contributed by atoms with Gasteiger partial charge in [0.15, 0.2) is 0 Å². The molecule has 118 valence electrons. The van der Waals surface area contributed by atoms with Gasteiger partial charge in [0.25, 0.3) is 0 Å². The lowest BCUT2D eigenvalue weighted by atomic mass is 9.90. The van der Waals surface area contributed by atoms with Crippen molar-refractivity contribution in [3.8, 4) is 0 Å². The Balaban J connectivity index is 2.08. The molecule has 1 saturated heterocycles. The van der Waals surface area contributed by atoms with Gasteiger partial charge in [-0.15, -0.1) is 0 Å². The minimum Gasteiger partial charge on any atom is -0.312 e. The molecule has 4 unspecified atom stereocenters. The Kier molecular flexibility index (Phi) is 6.83. The van der Waals surface area contributed by atoms with E-state index < -0.39 is 0 Å². The van der Waals surface area contributed by atoms with Crippen LogP contribution in [0.5, 0.6) is 0 Å². The molecule has 2 nitrogen and oxygen atoms in total. The number of hydrogen-bond donors (Lipinski definition) is 1. The lowest BCUT2D eigenvalue weighted by Gasteiger charge is -2.42. The van der Waals surface area contributed by atoms with E-state index in [1.54, 1.807) is 0 Å². The van der Waals surface area contributed by atoms with Gasteiger partial charge in [-0.25, -0.2) is 0 Å². The minimum absolute atomic E-state index is 0.741. The van der Waals surface area contributed by atoms with E-state index in [4.69, 9.17) is 0 Å². The molecular weight excluding hydrogens is 244 g/mol. The van der Waals surface area contributed by atoms with Gasteiger partial charge in [-0.3, -0.25) is 4.90 Å². The molecule has 1 heterocycles. The Morgan fingerprint density at radius 2 is 1.70 bits per heavy atom. The Morgan fingerprint density at radius 1 is 0.950 bits per heavy atom. The zero-order valence-electron chi connectivity index (χ0n) is 14.0. The summed E-state index contributed by atoms with van der Waals surface area (Å²) in [6.07, 6.45) is 14.0. The molecule has 1 N–H and O–H groups in total. The number of nitrogens with one attached hydrogen (secondary N) is 1. The van der Waals surface area contributed by atoms with Gasteiger partial charge in [0.05, 0.1) is 0 Å².